The Bertz CT molecular complexity index is 1310. The Balaban J connectivity index is 1.61. The number of likely N-dealkylation sites (N-methyl/N-ethyl adjacent to an activating group) is 1. The first-order chi connectivity index (χ1) is 21.7. The molecule has 2 N–H and O–H groups in total. The van der Waals surface area contributed by atoms with E-state index in [-0.39, 0.29) is 41.1 Å². The Kier molecular flexibility index (Phi) is 9.27. The molecule has 1 saturated heterocycles. The third-order valence-electron chi connectivity index (χ3n) is 15.7. The van der Waals surface area contributed by atoms with Crippen LogP contribution in [-0.2, 0) is 28.6 Å². The molecular weight excluding hydrogens is 594 g/mol. The quantitative estimate of drug-likeness (QED) is 0.264. The van der Waals surface area contributed by atoms with Crippen LogP contribution in [-0.4, -0.2) is 67.4 Å². The summed E-state index contributed by atoms with van der Waals surface area (Å²) in [6, 6.07) is 0. The van der Waals surface area contributed by atoms with E-state index in [1.54, 1.807) is 0 Å². The van der Waals surface area contributed by atoms with E-state index in [4.69, 9.17) is 14.2 Å². The molecule has 4 aliphatic carbocycles. The van der Waals surface area contributed by atoms with Crippen molar-refractivity contribution in [3.05, 3.63) is 11.6 Å². The van der Waals surface area contributed by atoms with Crippen LogP contribution in [0.4, 0.5) is 0 Å². The monoisotopic (exact) mass is 657 g/mol. The largest absolute Gasteiger partial charge is 0.481 e. The number of carbonyl (C=O) groups excluding carboxylic acids is 2. The molecule has 12 atom stereocenters. The van der Waals surface area contributed by atoms with Crippen LogP contribution >= 0.6 is 0 Å². The molecule has 0 aromatic rings. The van der Waals surface area contributed by atoms with E-state index in [0.717, 1.165) is 31.3 Å². The van der Waals surface area contributed by atoms with Crippen molar-refractivity contribution in [3.8, 4) is 0 Å². The Hall–Kier alpha value is -1.77. The summed E-state index contributed by atoms with van der Waals surface area (Å²) in [6.45, 7) is 24.4. The van der Waals surface area contributed by atoms with Gasteiger partial charge in [-0.25, -0.2) is 0 Å². The third-order valence-corrected chi connectivity index (χ3v) is 15.7. The highest BCUT2D eigenvalue weighted by molar-refractivity contribution is 6.00. The average molecular weight is 658 g/mol. The van der Waals surface area contributed by atoms with Crippen LogP contribution in [0, 0.1) is 62.6 Å². The second-order valence-corrected chi connectivity index (χ2v) is 18.1. The first-order valence-electron chi connectivity index (χ1n) is 18.2. The lowest BCUT2D eigenvalue weighted by Gasteiger charge is -2.70. The maximum atomic E-state index is 14.9. The van der Waals surface area contributed by atoms with E-state index in [0.29, 0.717) is 38.1 Å². The van der Waals surface area contributed by atoms with Crippen molar-refractivity contribution in [3.63, 3.8) is 0 Å². The predicted octanol–water partition coefficient (Wildman–Crippen LogP) is 6.70. The molecule has 266 valence electrons. The lowest BCUT2D eigenvalue weighted by Crippen LogP contribution is -2.71. The summed E-state index contributed by atoms with van der Waals surface area (Å²) >= 11 is 0. The van der Waals surface area contributed by atoms with Gasteiger partial charge in [0.15, 0.2) is 5.78 Å². The van der Waals surface area contributed by atoms with Gasteiger partial charge >= 0.3 is 11.9 Å². The van der Waals surface area contributed by atoms with Gasteiger partial charge in [0.1, 0.15) is 12.2 Å². The standard InChI is InChI=1S/C39H63NO7/c1-22(2)24(5)34(7)15-16-36(9)26-13-14-29-35(8)19-45-21-39(29,27(26)17-30(42)38(36,11)31(34)33(43)44)18-28(47-25(6)41)32(35)46-20-37(10,40-12)23(3)4/h17,22-24,26,28-29,31-32,40H,13-16,18-21H2,1-12H3,(H,43,44)/t24-,26+,28-,29+,31-,32+,34-,35-,36-,37+,38+,39-/m1/s1. The van der Waals surface area contributed by atoms with Gasteiger partial charge in [0.25, 0.3) is 0 Å². The molecule has 8 heteroatoms. The number of carbonyl (C=O) groups is 3. The van der Waals surface area contributed by atoms with E-state index in [1.807, 2.05) is 20.0 Å². The Morgan fingerprint density at radius 1 is 1.09 bits per heavy atom. The first-order valence-corrected chi connectivity index (χ1v) is 18.2. The number of aliphatic carboxylic acids is 1. The zero-order valence-electron chi connectivity index (χ0n) is 31.2. The molecule has 0 radical (unpaired) electrons. The van der Waals surface area contributed by atoms with E-state index >= 15 is 0 Å². The molecule has 3 saturated carbocycles. The second kappa shape index (κ2) is 11.9. The SMILES string of the molecule is CN[C@@](C)(CO[C@H]1[C@H](OC(C)=O)C[C@]23COC[C@]1(C)[C@@H]2CC[C@H]1C3=CC(=O)[C@@]2(C)[C@H](C(=O)O)[C@@](C)([C@H](C)C(C)C)CC[C@]12C)C(C)C. The van der Waals surface area contributed by atoms with Gasteiger partial charge in [-0.05, 0) is 92.6 Å². The number of rotatable bonds is 9. The van der Waals surface area contributed by atoms with Gasteiger partial charge in [0, 0.05) is 28.7 Å². The Labute approximate surface area is 283 Å². The molecule has 2 bridgehead atoms. The molecule has 0 spiro atoms. The van der Waals surface area contributed by atoms with Gasteiger partial charge in [-0.15, -0.1) is 0 Å². The maximum Gasteiger partial charge on any atom is 0.308 e. The minimum atomic E-state index is -1.05. The first kappa shape index (κ1) is 36.5. The maximum absolute atomic E-state index is 14.9. The summed E-state index contributed by atoms with van der Waals surface area (Å²) in [5.41, 5.74) is -2.19. The van der Waals surface area contributed by atoms with Gasteiger partial charge in [0.2, 0.25) is 0 Å². The number of allylic oxidation sites excluding steroid dienone is 1. The Morgan fingerprint density at radius 3 is 2.30 bits per heavy atom. The van der Waals surface area contributed by atoms with Gasteiger partial charge in [-0.3, -0.25) is 14.4 Å². The molecular formula is C39H63NO7. The predicted molar refractivity (Wildman–Crippen MR) is 182 cm³/mol. The number of ketones is 1. The summed E-state index contributed by atoms with van der Waals surface area (Å²) in [5.74, 6) is -1.08. The molecule has 0 aromatic heterocycles. The van der Waals surface area contributed by atoms with Crippen molar-refractivity contribution >= 4 is 17.7 Å². The molecule has 0 aromatic carbocycles. The van der Waals surface area contributed by atoms with Crippen LogP contribution in [0.1, 0.15) is 108 Å². The van der Waals surface area contributed by atoms with Crippen molar-refractivity contribution in [2.75, 3.05) is 26.9 Å². The van der Waals surface area contributed by atoms with E-state index in [1.165, 1.54) is 6.92 Å². The summed E-state index contributed by atoms with van der Waals surface area (Å²) in [4.78, 5) is 40.9. The fraction of sp³-hybridized carbons (Fsp3) is 0.872. The van der Waals surface area contributed by atoms with Crippen molar-refractivity contribution in [2.45, 2.75) is 126 Å². The molecule has 0 unspecified atom stereocenters. The zero-order chi connectivity index (χ0) is 35.1. The second-order valence-electron chi connectivity index (χ2n) is 18.1. The number of fused-ring (bicyclic) bond motifs is 3. The number of nitrogens with one attached hydrogen (secondary N) is 1. The minimum absolute atomic E-state index is 0.0390. The van der Waals surface area contributed by atoms with Gasteiger partial charge in [-0.1, -0.05) is 67.9 Å². The fourth-order valence-corrected chi connectivity index (χ4v) is 11.8. The molecule has 4 fully saturated rings. The number of carboxylic acids is 1. The van der Waals surface area contributed by atoms with Crippen LogP contribution in [0.3, 0.4) is 0 Å². The normalized spacial score (nSPS) is 44.9. The van der Waals surface area contributed by atoms with Crippen molar-refractivity contribution in [1.29, 1.82) is 0 Å². The van der Waals surface area contributed by atoms with Crippen LogP contribution in [0.2, 0.25) is 0 Å². The number of hydrogen-bond acceptors (Lipinski definition) is 7. The van der Waals surface area contributed by atoms with Crippen LogP contribution in [0.25, 0.3) is 0 Å². The molecule has 8 nitrogen and oxygen atoms in total. The van der Waals surface area contributed by atoms with Crippen molar-refractivity contribution in [1.82, 2.24) is 5.32 Å². The molecule has 5 aliphatic rings. The molecule has 0 amide bonds. The van der Waals surface area contributed by atoms with Crippen LogP contribution in [0.15, 0.2) is 11.6 Å². The van der Waals surface area contributed by atoms with E-state index < -0.39 is 45.1 Å². The molecule has 1 heterocycles. The Morgan fingerprint density at radius 2 is 1.74 bits per heavy atom. The van der Waals surface area contributed by atoms with Gasteiger partial charge < -0.3 is 24.6 Å². The summed E-state index contributed by atoms with van der Waals surface area (Å²) in [6.07, 6.45) is 4.92. The number of esters is 1. The van der Waals surface area contributed by atoms with Crippen LogP contribution in [0.5, 0.6) is 0 Å². The summed E-state index contributed by atoms with van der Waals surface area (Å²) in [7, 11) is 1.96. The highest BCUT2D eigenvalue weighted by Crippen LogP contribution is 2.74. The fourth-order valence-electron chi connectivity index (χ4n) is 11.8. The van der Waals surface area contributed by atoms with E-state index in [2.05, 4.69) is 67.6 Å². The highest BCUT2D eigenvalue weighted by Gasteiger charge is 2.74. The zero-order valence-corrected chi connectivity index (χ0v) is 31.2. The molecule has 47 heavy (non-hydrogen) atoms. The van der Waals surface area contributed by atoms with Crippen molar-refractivity contribution in [2.24, 2.45) is 62.6 Å². The van der Waals surface area contributed by atoms with Crippen molar-refractivity contribution < 1.29 is 33.7 Å². The minimum Gasteiger partial charge on any atom is -0.481 e. The highest BCUT2D eigenvalue weighted by atomic mass is 16.6. The smallest absolute Gasteiger partial charge is 0.308 e. The lowest BCUT2D eigenvalue weighted by molar-refractivity contribution is -0.268. The number of ether oxygens (including phenoxy) is 3. The van der Waals surface area contributed by atoms with Crippen LogP contribution < -0.4 is 5.32 Å². The third kappa shape index (κ3) is 5.03. The topological polar surface area (TPSA) is 111 Å². The van der Waals surface area contributed by atoms with Gasteiger partial charge in [-0.2, -0.15) is 0 Å². The molecule has 1 aliphatic heterocycles. The number of hydrogen-bond donors (Lipinski definition) is 2. The number of carboxylic acid groups (broad SMARTS) is 1. The summed E-state index contributed by atoms with van der Waals surface area (Å²) in [5, 5.41) is 14.4. The average Bonchev–Trinajstić information content (AvgIpc) is 2.97. The lowest BCUT2D eigenvalue weighted by atomic mass is 9.34. The summed E-state index contributed by atoms with van der Waals surface area (Å²) < 4.78 is 19.6. The molecule has 5 rings (SSSR count). The van der Waals surface area contributed by atoms with Gasteiger partial charge in [0.05, 0.1) is 25.7 Å². The van der Waals surface area contributed by atoms with E-state index in [9.17, 15) is 19.5 Å².